The minimum atomic E-state index is -3.97. The number of carbonyl (C=O) groups excluding carboxylic acids is 2. The minimum absolute atomic E-state index is 0.0104. The summed E-state index contributed by atoms with van der Waals surface area (Å²) in [5, 5.41) is 2.07. The highest BCUT2D eigenvalue weighted by Gasteiger charge is 2.33. The van der Waals surface area contributed by atoms with Crippen molar-refractivity contribution in [1.82, 2.24) is 9.88 Å². The molecule has 0 spiro atoms. The van der Waals surface area contributed by atoms with Crippen LogP contribution in [-0.2, 0) is 9.84 Å². The van der Waals surface area contributed by atoms with Crippen LogP contribution in [0, 0.1) is 0 Å². The van der Waals surface area contributed by atoms with Crippen LogP contribution in [0.5, 0.6) is 0 Å². The third-order valence-electron chi connectivity index (χ3n) is 4.40. The van der Waals surface area contributed by atoms with E-state index in [1.54, 1.807) is 24.3 Å². The molecule has 0 atom stereocenters. The number of nitrogen functional groups attached to an aromatic ring is 1. The number of pyridine rings is 1. The Hall–Kier alpha value is -3.72. The smallest absolute Gasteiger partial charge is 0.262 e. The van der Waals surface area contributed by atoms with Crippen molar-refractivity contribution in [2.75, 3.05) is 5.73 Å². The summed E-state index contributed by atoms with van der Waals surface area (Å²) >= 11 is 0. The highest BCUT2D eigenvalue weighted by molar-refractivity contribution is 7.91. The number of amides is 2. The molecule has 1 aliphatic heterocycles. The van der Waals surface area contributed by atoms with Crippen molar-refractivity contribution in [2.45, 2.75) is 9.79 Å². The van der Waals surface area contributed by atoms with Crippen molar-refractivity contribution >= 4 is 27.5 Å². The average Bonchev–Trinajstić information content (AvgIpc) is 2.96. The van der Waals surface area contributed by atoms with Crippen LogP contribution >= 0.6 is 0 Å². The van der Waals surface area contributed by atoms with Crippen LogP contribution in [0.1, 0.15) is 20.7 Å². The number of benzene rings is 2. The molecule has 0 fully saturated rings. The highest BCUT2D eigenvalue weighted by atomic mass is 32.2. The quantitative estimate of drug-likeness (QED) is 0.640. The van der Waals surface area contributed by atoms with Crippen LogP contribution in [0.25, 0.3) is 5.69 Å². The zero-order valence-corrected chi connectivity index (χ0v) is 15.1. The van der Waals surface area contributed by atoms with E-state index in [9.17, 15) is 22.8 Å². The van der Waals surface area contributed by atoms with Gasteiger partial charge in [0, 0.05) is 6.07 Å². The molecule has 3 aromatic rings. The lowest BCUT2D eigenvalue weighted by molar-refractivity contribution is 0.0880. The molecule has 3 N–H and O–H groups in total. The number of nitrogens with zero attached hydrogens (tertiary/aromatic N) is 1. The first-order valence-corrected chi connectivity index (χ1v) is 9.61. The Labute approximate surface area is 159 Å². The maximum Gasteiger partial charge on any atom is 0.262 e. The summed E-state index contributed by atoms with van der Waals surface area (Å²) in [5.41, 5.74) is 5.00. The summed E-state index contributed by atoms with van der Waals surface area (Å²) in [4.78, 5) is 36.4. The van der Waals surface area contributed by atoms with Gasteiger partial charge >= 0.3 is 0 Å². The number of nitrogens with one attached hydrogen (secondary N) is 1. The van der Waals surface area contributed by atoms with Gasteiger partial charge < -0.3 is 5.73 Å². The van der Waals surface area contributed by atoms with E-state index in [0.717, 1.165) is 10.6 Å². The maximum atomic E-state index is 13.1. The standard InChI is InChI=1S/C19H13N3O5S/c20-17-16-12(18(24)21-19(16)25)10-15(23)22(17)13-8-4-5-9-14(13)28(26,27)11-6-2-1-3-7-11/h1-10H,20H2,(H,21,24,25). The van der Waals surface area contributed by atoms with E-state index in [0.29, 0.717) is 0 Å². The number of sulfone groups is 1. The number of rotatable bonds is 3. The summed E-state index contributed by atoms with van der Waals surface area (Å²) in [6, 6.07) is 14.5. The Balaban J connectivity index is 2.02. The Morgan fingerprint density at radius 2 is 1.50 bits per heavy atom. The van der Waals surface area contributed by atoms with Gasteiger partial charge in [-0.1, -0.05) is 30.3 Å². The van der Waals surface area contributed by atoms with Crippen LogP contribution in [0.15, 0.2) is 75.2 Å². The first-order valence-electron chi connectivity index (χ1n) is 8.13. The number of anilines is 1. The fourth-order valence-corrected chi connectivity index (χ4v) is 4.59. The summed E-state index contributed by atoms with van der Waals surface area (Å²) < 4.78 is 27.1. The number of nitrogens with two attached hydrogens (primary N) is 1. The normalized spacial score (nSPS) is 13.3. The number of imide groups is 1. The molecule has 8 nitrogen and oxygen atoms in total. The third-order valence-corrected chi connectivity index (χ3v) is 6.22. The summed E-state index contributed by atoms with van der Waals surface area (Å²) in [6.07, 6.45) is 0. The monoisotopic (exact) mass is 395 g/mol. The largest absolute Gasteiger partial charge is 0.384 e. The molecule has 0 saturated carbocycles. The molecule has 4 rings (SSSR count). The van der Waals surface area contributed by atoms with Crippen LogP contribution in [0.4, 0.5) is 5.82 Å². The zero-order valence-electron chi connectivity index (χ0n) is 14.2. The second kappa shape index (κ2) is 6.17. The van der Waals surface area contributed by atoms with Crippen molar-refractivity contribution in [3.63, 3.8) is 0 Å². The lowest BCUT2D eigenvalue weighted by Crippen LogP contribution is -2.25. The number of para-hydroxylation sites is 1. The molecular weight excluding hydrogens is 382 g/mol. The lowest BCUT2D eigenvalue weighted by Gasteiger charge is -2.16. The predicted molar refractivity (Wildman–Crippen MR) is 100 cm³/mol. The van der Waals surface area contributed by atoms with Gasteiger partial charge in [-0.3, -0.25) is 24.3 Å². The molecule has 2 amide bonds. The Kier molecular flexibility index (Phi) is 3.90. The second-order valence-corrected chi connectivity index (χ2v) is 7.98. The number of aromatic nitrogens is 1. The molecule has 9 heteroatoms. The first kappa shape index (κ1) is 17.7. The first-order chi connectivity index (χ1) is 13.3. The topological polar surface area (TPSA) is 128 Å². The Bertz CT molecular complexity index is 1310. The van der Waals surface area contributed by atoms with Crippen molar-refractivity contribution in [2.24, 2.45) is 0 Å². The van der Waals surface area contributed by atoms with Gasteiger partial charge in [-0.25, -0.2) is 8.42 Å². The van der Waals surface area contributed by atoms with Gasteiger partial charge in [0.2, 0.25) is 9.84 Å². The van der Waals surface area contributed by atoms with Crippen LogP contribution in [0.2, 0.25) is 0 Å². The molecule has 140 valence electrons. The van der Waals surface area contributed by atoms with Crippen LogP contribution < -0.4 is 16.6 Å². The highest BCUT2D eigenvalue weighted by Crippen LogP contribution is 2.29. The van der Waals surface area contributed by atoms with Gasteiger partial charge in [0.15, 0.2) is 0 Å². The van der Waals surface area contributed by atoms with E-state index in [1.165, 1.54) is 30.3 Å². The number of hydrogen-bond acceptors (Lipinski definition) is 6. The minimum Gasteiger partial charge on any atom is -0.384 e. The van der Waals surface area contributed by atoms with E-state index in [-0.39, 0.29) is 32.4 Å². The van der Waals surface area contributed by atoms with Gasteiger partial charge in [0.05, 0.1) is 26.6 Å². The molecule has 1 aliphatic rings. The SMILES string of the molecule is Nc1c2c(cc(=O)n1-c1ccccc1S(=O)(=O)c1ccccc1)C(=O)NC2=O. The molecule has 2 aromatic carbocycles. The summed E-state index contributed by atoms with van der Waals surface area (Å²) in [5.74, 6) is -1.77. The molecular formula is C19H13N3O5S. The third kappa shape index (κ3) is 2.52. The molecule has 2 heterocycles. The van der Waals surface area contributed by atoms with E-state index in [1.807, 2.05) is 0 Å². The average molecular weight is 395 g/mol. The van der Waals surface area contributed by atoms with Gasteiger partial charge in [-0.05, 0) is 24.3 Å². The van der Waals surface area contributed by atoms with Gasteiger partial charge in [0.25, 0.3) is 17.4 Å². The number of carbonyl (C=O) groups is 2. The van der Waals surface area contributed by atoms with Crippen molar-refractivity contribution < 1.29 is 18.0 Å². The molecule has 28 heavy (non-hydrogen) atoms. The maximum absolute atomic E-state index is 13.1. The molecule has 0 aliphatic carbocycles. The molecule has 0 bridgehead atoms. The van der Waals surface area contributed by atoms with Gasteiger partial charge in [0.1, 0.15) is 5.82 Å². The van der Waals surface area contributed by atoms with Crippen LogP contribution in [-0.4, -0.2) is 24.8 Å². The van der Waals surface area contributed by atoms with E-state index >= 15 is 0 Å². The fourth-order valence-electron chi connectivity index (χ4n) is 3.12. The van der Waals surface area contributed by atoms with Gasteiger partial charge in [-0.2, -0.15) is 0 Å². The molecule has 0 unspecified atom stereocenters. The number of fused-ring (bicyclic) bond motifs is 1. The fraction of sp³-hybridized carbons (Fsp3) is 0. The summed E-state index contributed by atoms with van der Waals surface area (Å²) in [7, 11) is -3.97. The lowest BCUT2D eigenvalue weighted by atomic mass is 10.1. The van der Waals surface area contributed by atoms with Crippen molar-refractivity contribution in [1.29, 1.82) is 0 Å². The molecule has 0 radical (unpaired) electrons. The molecule has 0 saturated heterocycles. The Morgan fingerprint density at radius 1 is 0.857 bits per heavy atom. The van der Waals surface area contributed by atoms with E-state index in [4.69, 9.17) is 5.73 Å². The van der Waals surface area contributed by atoms with Gasteiger partial charge in [-0.15, -0.1) is 0 Å². The van der Waals surface area contributed by atoms with Crippen molar-refractivity contribution in [3.8, 4) is 5.69 Å². The van der Waals surface area contributed by atoms with Crippen molar-refractivity contribution in [3.05, 3.63) is 82.1 Å². The van der Waals surface area contributed by atoms with Crippen LogP contribution in [0.3, 0.4) is 0 Å². The van der Waals surface area contributed by atoms with E-state index in [2.05, 4.69) is 5.32 Å². The number of hydrogen-bond donors (Lipinski definition) is 2. The Morgan fingerprint density at radius 3 is 2.21 bits per heavy atom. The van der Waals surface area contributed by atoms with E-state index < -0.39 is 27.2 Å². The predicted octanol–water partition coefficient (Wildman–Crippen LogP) is 1.14. The zero-order chi connectivity index (χ0) is 20.1. The second-order valence-electron chi connectivity index (χ2n) is 6.06. The molecule has 1 aromatic heterocycles. The summed E-state index contributed by atoms with van der Waals surface area (Å²) in [6.45, 7) is 0.